The zero-order chi connectivity index (χ0) is 17.3. The van der Waals surface area contributed by atoms with Gasteiger partial charge in [0.15, 0.2) is 0 Å². The van der Waals surface area contributed by atoms with Crippen molar-refractivity contribution in [2.24, 2.45) is 0 Å². The molecule has 5 nitrogen and oxygen atoms in total. The summed E-state index contributed by atoms with van der Waals surface area (Å²) in [5, 5.41) is 11.7. The van der Waals surface area contributed by atoms with Crippen molar-refractivity contribution in [1.82, 2.24) is 10.2 Å². The fraction of sp³-hybridized carbons (Fsp3) is 0.167. The van der Waals surface area contributed by atoms with Gasteiger partial charge >= 0.3 is 6.03 Å². The highest BCUT2D eigenvalue weighted by Crippen LogP contribution is 2.31. The van der Waals surface area contributed by atoms with Crippen molar-refractivity contribution in [2.45, 2.75) is 19.0 Å². The smallest absolute Gasteiger partial charge is 0.319 e. The molecule has 1 aliphatic heterocycles. The Morgan fingerprint density at radius 2 is 1.96 bits per heavy atom. The van der Waals surface area contributed by atoms with Gasteiger partial charge in [0.2, 0.25) is 0 Å². The molecule has 24 heavy (non-hydrogen) atoms. The van der Waals surface area contributed by atoms with Crippen LogP contribution in [0.1, 0.15) is 23.6 Å². The summed E-state index contributed by atoms with van der Waals surface area (Å²) < 4.78 is 0.837. The van der Waals surface area contributed by atoms with E-state index in [9.17, 15) is 9.59 Å². The van der Waals surface area contributed by atoms with Crippen molar-refractivity contribution < 1.29 is 9.59 Å². The SMILES string of the molecule is C[C@]1(c2cccc(Br)c2)NC(=O)N(Cc2cccc(C#N)c2)C1=O. The molecule has 0 spiro atoms. The molecule has 3 rings (SSSR count). The number of nitriles is 1. The van der Waals surface area contributed by atoms with Gasteiger partial charge in [0.05, 0.1) is 18.2 Å². The van der Waals surface area contributed by atoms with Crippen LogP contribution in [-0.4, -0.2) is 16.8 Å². The van der Waals surface area contributed by atoms with Crippen molar-refractivity contribution in [1.29, 1.82) is 5.26 Å². The van der Waals surface area contributed by atoms with E-state index in [1.807, 2.05) is 24.3 Å². The maximum absolute atomic E-state index is 12.9. The molecule has 0 unspecified atom stereocenters. The number of rotatable bonds is 3. The molecule has 1 fully saturated rings. The first kappa shape index (κ1) is 16.2. The summed E-state index contributed by atoms with van der Waals surface area (Å²) in [7, 11) is 0. The maximum Gasteiger partial charge on any atom is 0.325 e. The van der Waals surface area contributed by atoms with Crippen LogP contribution in [0.2, 0.25) is 0 Å². The number of amides is 3. The number of benzene rings is 2. The Balaban J connectivity index is 1.90. The maximum atomic E-state index is 12.9. The van der Waals surface area contributed by atoms with Crippen LogP contribution in [0.3, 0.4) is 0 Å². The molecule has 1 saturated heterocycles. The number of urea groups is 1. The third-order valence-corrected chi connectivity index (χ3v) is 4.57. The van der Waals surface area contributed by atoms with E-state index < -0.39 is 11.6 Å². The number of carbonyl (C=O) groups is 2. The lowest BCUT2D eigenvalue weighted by atomic mass is 9.92. The molecule has 0 aromatic heterocycles. The quantitative estimate of drug-likeness (QED) is 0.826. The Hall–Kier alpha value is -2.65. The third-order valence-electron chi connectivity index (χ3n) is 4.07. The molecule has 1 heterocycles. The normalized spacial score (nSPS) is 20.0. The van der Waals surface area contributed by atoms with E-state index >= 15 is 0 Å². The number of hydrogen-bond donors (Lipinski definition) is 1. The molecule has 2 aromatic rings. The topological polar surface area (TPSA) is 73.2 Å². The van der Waals surface area contributed by atoms with E-state index in [2.05, 4.69) is 27.3 Å². The molecule has 0 bridgehead atoms. The van der Waals surface area contributed by atoms with E-state index in [1.165, 1.54) is 4.90 Å². The van der Waals surface area contributed by atoms with Gasteiger partial charge in [0, 0.05) is 4.47 Å². The second-order valence-electron chi connectivity index (χ2n) is 5.77. The van der Waals surface area contributed by atoms with Crippen LogP contribution in [0, 0.1) is 11.3 Å². The molecule has 6 heteroatoms. The highest BCUT2D eigenvalue weighted by atomic mass is 79.9. The van der Waals surface area contributed by atoms with Crippen LogP contribution in [0.5, 0.6) is 0 Å². The average molecular weight is 384 g/mol. The fourth-order valence-electron chi connectivity index (χ4n) is 2.76. The molecular formula is C18H14BrN3O2. The van der Waals surface area contributed by atoms with Crippen molar-refractivity contribution in [2.75, 3.05) is 0 Å². The first-order chi connectivity index (χ1) is 11.4. The summed E-state index contributed by atoms with van der Waals surface area (Å²) in [5.74, 6) is -0.312. The van der Waals surface area contributed by atoms with Crippen LogP contribution in [0.15, 0.2) is 53.0 Å². The molecule has 2 aromatic carbocycles. The second kappa shape index (κ2) is 6.10. The lowest BCUT2D eigenvalue weighted by Gasteiger charge is -2.22. The largest absolute Gasteiger partial charge is 0.325 e. The number of nitrogens with zero attached hydrogens (tertiary/aromatic N) is 2. The summed E-state index contributed by atoms with van der Waals surface area (Å²) in [5.41, 5.74) is 0.835. The van der Waals surface area contributed by atoms with Gasteiger partial charge in [-0.1, -0.05) is 40.2 Å². The summed E-state index contributed by atoms with van der Waals surface area (Å²) >= 11 is 3.38. The van der Waals surface area contributed by atoms with Crippen LogP contribution in [0.25, 0.3) is 0 Å². The van der Waals surface area contributed by atoms with E-state index in [0.717, 1.165) is 10.0 Å². The first-order valence-electron chi connectivity index (χ1n) is 7.33. The summed E-state index contributed by atoms with van der Waals surface area (Å²) in [6.45, 7) is 1.82. The molecule has 0 aliphatic carbocycles. The Kier molecular flexibility index (Phi) is 4.12. The van der Waals surface area contributed by atoms with Gasteiger partial charge in [-0.15, -0.1) is 0 Å². The lowest BCUT2D eigenvalue weighted by Crippen LogP contribution is -2.40. The molecule has 0 radical (unpaired) electrons. The van der Waals surface area contributed by atoms with Crippen LogP contribution in [0.4, 0.5) is 4.79 Å². The van der Waals surface area contributed by atoms with Gasteiger partial charge in [-0.3, -0.25) is 9.69 Å². The fourth-order valence-corrected chi connectivity index (χ4v) is 3.16. The monoisotopic (exact) mass is 383 g/mol. The Bertz CT molecular complexity index is 875. The number of nitrogens with one attached hydrogen (secondary N) is 1. The molecule has 1 aliphatic rings. The minimum Gasteiger partial charge on any atom is -0.319 e. The van der Waals surface area contributed by atoms with Crippen LogP contribution in [-0.2, 0) is 16.9 Å². The van der Waals surface area contributed by atoms with Crippen molar-refractivity contribution in [3.63, 3.8) is 0 Å². The highest BCUT2D eigenvalue weighted by molar-refractivity contribution is 9.10. The number of imide groups is 1. The van der Waals surface area contributed by atoms with E-state index in [1.54, 1.807) is 31.2 Å². The molecule has 1 atom stereocenters. The zero-order valence-corrected chi connectivity index (χ0v) is 14.5. The molecule has 120 valence electrons. The Morgan fingerprint density at radius 1 is 1.21 bits per heavy atom. The minimum atomic E-state index is -1.10. The second-order valence-corrected chi connectivity index (χ2v) is 6.68. The van der Waals surface area contributed by atoms with E-state index in [0.29, 0.717) is 11.1 Å². The Morgan fingerprint density at radius 3 is 2.67 bits per heavy atom. The predicted molar refractivity (Wildman–Crippen MR) is 91.7 cm³/mol. The lowest BCUT2D eigenvalue weighted by molar-refractivity contribution is -0.131. The molecule has 3 amide bonds. The summed E-state index contributed by atoms with van der Waals surface area (Å²) in [6.07, 6.45) is 0. The zero-order valence-electron chi connectivity index (χ0n) is 12.9. The van der Waals surface area contributed by atoms with E-state index in [4.69, 9.17) is 5.26 Å². The van der Waals surface area contributed by atoms with Gasteiger partial charge < -0.3 is 5.32 Å². The summed E-state index contributed by atoms with van der Waals surface area (Å²) in [6, 6.07) is 15.8. The highest BCUT2D eigenvalue weighted by Gasteiger charge is 2.48. The van der Waals surface area contributed by atoms with Crippen LogP contribution < -0.4 is 5.32 Å². The van der Waals surface area contributed by atoms with Crippen molar-refractivity contribution in [3.05, 3.63) is 69.7 Å². The minimum absolute atomic E-state index is 0.129. The summed E-state index contributed by atoms with van der Waals surface area (Å²) in [4.78, 5) is 26.4. The number of carbonyl (C=O) groups excluding carboxylic acids is 2. The first-order valence-corrected chi connectivity index (χ1v) is 8.12. The third kappa shape index (κ3) is 2.79. The molecule has 1 N–H and O–H groups in total. The number of halogens is 1. The standard InChI is InChI=1S/C18H14BrN3O2/c1-18(14-6-3-7-15(19)9-14)16(23)22(17(24)21-18)11-13-5-2-4-12(8-13)10-20/h2-9H,11H2,1H3,(H,21,24)/t18-/m1/s1. The Labute approximate surface area is 148 Å². The van der Waals surface area contributed by atoms with Gasteiger partial charge in [-0.2, -0.15) is 5.26 Å². The van der Waals surface area contributed by atoms with Crippen molar-refractivity contribution in [3.8, 4) is 6.07 Å². The van der Waals surface area contributed by atoms with Crippen LogP contribution >= 0.6 is 15.9 Å². The van der Waals surface area contributed by atoms with Gasteiger partial charge in [0.25, 0.3) is 5.91 Å². The average Bonchev–Trinajstić information content (AvgIpc) is 2.79. The molecular weight excluding hydrogens is 370 g/mol. The van der Waals surface area contributed by atoms with Gasteiger partial charge in [0.1, 0.15) is 5.54 Å². The van der Waals surface area contributed by atoms with Gasteiger partial charge in [-0.05, 0) is 42.3 Å². The van der Waals surface area contributed by atoms with Crippen molar-refractivity contribution >= 4 is 27.9 Å². The van der Waals surface area contributed by atoms with E-state index in [-0.39, 0.29) is 12.5 Å². The molecule has 0 saturated carbocycles. The predicted octanol–water partition coefficient (Wildman–Crippen LogP) is 3.29. The number of hydrogen-bond acceptors (Lipinski definition) is 3. The van der Waals surface area contributed by atoms with Gasteiger partial charge in [-0.25, -0.2) is 4.79 Å².